The molecule has 0 radical (unpaired) electrons. The molecule has 0 saturated carbocycles. The Bertz CT molecular complexity index is 730. The number of halogens is 2. The molecule has 0 bridgehead atoms. The minimum absolute atomic E-state index is 0.222. The van der Waals surface area contributed by atoms with Crippen molar-refractivity contribution in [2.45, 2.75) is 18.4 Å². The van der Waals surface area contributed by atoms with Crippen molar-refractivity contribution in [3.05, 3.63) is 62.5 Å². The lowest BCUT2D eigenvalue weighted by atomic mass is 10.1. The average molecular weight is 419 g/mol. The van der Waals surface area contributed by atoms with Crippen LogP contribution in [-0.4, -0.2) is 8.42 Å². The normalized spacial score (nSPS) is 11.6. The summed E-state index contributed by atoms with van der Waals surface area (Å²) in [7, 11) is -3.55. The van der Waals surface area contributed by atoms with Crippen LogP contribution in [-0.2, 0) is 16.6 Å². The summed E-state index contributed by atoms with van der Waals surface area (Å²) in [5, 5.41) is 0. The van der Waals surface area contributed by atoms with Gasteiger partial charge in [0.25, 0.3) is 0 Å². The first-order valence-electron chi connectivity index (χ1n) is 5.89. The number of aryl methyl sites for hydroxylation is 1. The van der Waals surface area contributed by atoms with Crippen molar-refractivity contribution >= 4 is 41.9 Å². The highest BCUT2D eigenvalue weighted by Crippen LogP contribution is 2.25. The Hall–Kier alpha value is -0.690. The van der Waals surface area contributed by atoms with E-state index in [1.54, 1.807) is 18.2 Å². The summed E-state index contributed by atoms with van der Waals surface area (Å²) in [5.74, 6) is 0. The molecule has 2 aromatic rings. The van der Waals surface area contributed by atoms with Gasteiger partial charge in [-0.05, 0) is 46.6 Å². The van der Waals surface area contributed by atoms with Crippen LogP contribution in [0.4, 0.5) is 0 Å². The molecular weight excluding hydrogens is 406 g/mol. The standard InChI is InChI=1S/C14H13Br2NO2S/c1-10-3-2-4-11(7-10)9-17-20(18,19)14-8-12(15)5-6-13(14)16/h2-8,17H,9H2,1H3. The van der Waals surface area contributed by atoms with Crippen LogP contribution in [0.2, 0.25) is 0 Å². The molecule has 1 N–H and O–H groups in total. The summed E-state index contributed by atoms with van der Waals surface area (Å²) in [6.45, 7) is 2.24. The van der Waals surface area contributed by atoms with Crippen molar-refractivity contribution < 1.29 is 8.42 Å². The van der Waals surface area contributed by atoms with Gasteiger partial charge in [-0.1, -0.05) is 45.8 Å². The van der Waals surface area contributed by atoms with E-state index >= 15 is 0 Å². The summed E-state index contributed by atoms with van der Waals surface area (Å²) in [5.41, 5.74) is 2.03. The molecule has 20 heavy (non-hydrogen) atoms. The molecule has 2 aromatic carbocycles. The molecule has 0 unspecified atom stereocenters. The van der Waals surface area contributed by atoms with Gasteiger partial charge in [-0.25, -0.2) is 13.1 Å². The van der Waals surface area contributed by atoms with Gasteiger partial charge in [0.2, 0.25) is 10.0 Å². The minimum Gasteiger partial charge on any atom is -0.207 e. The summed E-state index contributed by atoms with van der Waals surface area (Å²) in [6, 6.07) is 12.8. The molecule has 0 amide bonds. The smallest absolute Gasteiger partial charge is 0.207 e. The van der Waals surface area contributed by atoms with Gasteiger partial charge in [-0.3, -0.25) is 0 Å². The second-order valence-electron chi connectivity index (χ2n) is 4.39. The van der Waals surface area contributed by atoms with Crippen LogP contribution in [0.3, 0.4) is 0 Å². The van der Waals surface area contributed by atoms with E-state index in [0.717, 1.165) is 15.6 Å². The Kier molecular flexibility index (Phi) is 5.01. The Morgan fingerprint density at radius 1 is 1.10 bits per heavy atom. The van der Waals surface area contributed by atoms with Crippen LogP contribution in [0.5, 0.6) is 0 Å². The fraction of sp³-hybridized carbons (Fsp3) is 0.143. The number of hydrogen-bond acceptors (Lipinski definition) is 2. The van der Waals surface area contributed by atoms with E-state index in [4.69, 9.17) is 0 Å². The van der Waals surface area contributed by atoms with Crippen LogP contribution < -0.4 is 4.72 Å². The van der Waals surface area contributed by atoms with Gasteiger partial charge in [-0.2, -0.15) is 0 Å². The van der Waals surface area contributed by atoms with Crippen LogP contribution in [0.25, 0.3) is 0 Å². The molecule has 106 valence electrons. The quantitative estimate of drug-likeness (QED) is 0.815. The van der Waals surface area contributed by atoms with Crippen molar-refractivity contribution in [2.75, 3.05) is 0 Å². The molecule has 0 fully saturated rings. The molecule has 0 aliphatic rings. The number of benzene rings is 2. The maximum atomic E-state index is 12.3. The summed E-state index contributed by atoms with van der Waals surface area (Å²) < 4.78 is 28.5. The maximum Gasteiger partial charge on any atom is 0.242 e. The lowest BCUT2D eigenvalue weighted by Gasteiger charge is -2.09. The fourth-order valence-electron chi connectivity index (χ4n) is 1.76. The van der Waals surface area contributed by atoms with Crippen molar-refractivity contribution in [1.29, 1.82) is 0 Å². The van der Waals surface area contributed by atoms with Gasteiger partial charge in [0, 0.05) is 15.5 Å². The number of sulfonamides is 1. The van der Waals surface area contributed by atoms with Crippen molar-refractivity contribution in [3.63, 3.8) is 0 Å². The highest BCUT2D eigenvalue weighted by Gasteiger charge is 2.17. The van der Waals surface area contributed by atoms with E-state index in [0.29, 0.717) is 4.47 Å². The maximum absolute atomic E-state index is 12.3. The Balaban J connectivity index is 2.21. The van der Waals surface area contributed by atoms with Crippen LogP contribution in [0.1, 0.15) is 11.1 Å². The van der Waals surface area contributed by atoms with E-state index in [2.05, 4.69) is 36.6 Å². The molecule has 0 spiro atoms. The van der Waals surface area contributed by atoms with Gasteiger partial charge in [0.15, 0.2) is 0 Å². The van der Waals surface area contributed by atoms with E-state index in [1.165, 1.54) is 0 Å². The highest BCUT2D eigenvalue weighted by molar-refractivity contribution is 9.11. The monoisotopic (exact) mass is 417 g/mol. The number of rotatable bonds is 4. The zero-order chi connectivity index (χ0) is 14.8. The van der Waals surface area contributed by atoms with Crippen LogP contribution in [0.15, 0.2) is 56.3 Å². The van der Waals surface area contributed by atoms with Gasteiger partial charge >= 0.3 is 0 Å². The average Bonchev–Trinajstić information content (AvgIpc) is 2.39. The third-order valence-electron chi connectivity index (χ3n) is 2.73. The molecular formula is C14H13Br2NO2S. The molecule has 3 nitrogen and oxygen atoms in total. The predicted octanol–water partition coefficient (Wildman–Crippen LogP) is 4.00. The minimum atomic E-state index is -3.55. The van der Waals surface area contributed by atoms with Gasteiger partial charge < -0.3 is 0 Å². The summed E-state index contributed by atoms with van der Waals surface area (Å²) in [6.07, 6.45) is 0. The van der Waals surface area contributed by atoms with Crippen molar-refractivity contribution in [1.82, 2.24) is 4.72 Å². The van der Waals surface area contributed by atoms with E-state index in [9.17, 15) is 8.42 Å². The molecule has 0 saturated heterocycles. The lowest BCUT2D eigenvalue weighted by molar-refractivity contribution is 0.580. The molecule has 0 atom stereocenters. The second-order valence-corrected chi connectivity index (χ2v) is 7.89. The SMILES string of the molecule is Cc1cccc(CNS(=O)(=O)c2cc(Br)ccc2Br)c1. The summed E-state index contributed by atoms with van der Waals surface area (Å²) >= 11 is 6.55. The third kappa shape index (κ3) is 3.91. The topological polar surface area (TPSA) is 46.2 Å². The fourth-order valence-corrected chi connectivity index (χ4v) is 4.28. The molecule has 0 heterocycles. The predicted molar refractivity (Wildman–Crippen MR) is 87.0 cm³/mol. The molecule has 6 heteroatoms. The van der Waals surface area contributed by atoms with Gasteiger partial charge in [0.05, 0.1) is 4.90 Å². The van der Waals surface area contributed by atoms with Gasteiger partial charge in [-0.15, -0.1) is 0 Å². The number of nitrogens with one attached hydrogen (secondary N) is 1. The molecule has 0 aliphatic heterocycles. The van der Waals surface area contributed by atoms with E-state index in [1.807, 2.05) is 31.2 Å². The summed E-state index contributed by atoms with van der Waals surface area (Å²) in [4.78, 5) is 0.222. The molecule has 2 rings (SSSR count). The Morgan fingerprint density at radius 3 is 2.55 bits per heavy atom. The second kappa shape index (κ2) is 6.39. The van der Waals surface area contributed by atoms with Crippen molar-refractivity contribution in [2.24, 2.45) is 0 Å². The lowest BCUT2D eigenvalue weighted by Crippen LogP contribution is -2.23. The first-order chi connectivity index (χ1) is 9.38. The first kappa shape index (κ1) is 15.7. The van der Waals surface area contributed by atoms with Crippen molar-refractivity contribution in [3.8, 4) is 0 Å². The zero-order valence-corrected chi connectivity index (χ0v) is 14.7. The Labute approximate surface area is 135 Å². The molecule has 0 aromatic heterocycles. The largest absolute Gasteiger partial charge is 0.242 e. The van der Waals surface area contributed by atoms with E-state index < -0.39 is 10.0 Å². The van der Waals surface area contributed by atoms with Crippen LogP contribution >= 0.6 is 31.9 Å². The third-order valence-corrected chi connectivity index (χ3v) is 5.62. The Morgan fingerprint density at radius 2 is 1.85 bits per heavy atom. The molecule has 0 aliphatic carbocycles. The first-order valence-corrected chi connectivity index (χ1v) is 8.96. The van der Waals surface area contributed by atoms with Crippen LogP contribution in [0, 0.1) is 6.92 Å². The van der Waals surface area contributed by atoms with Gasteiger partial charge in [0.1, 0.15) is 0 Å². The zero-order valence-electron chi connectivity index (χ0n) is 10.7. The van der Waals surface area contributed by atoms with E-state index in [-0.39, 0.29) is 11.4 Å². The number of hydrogen-bond donors (Lipinski definition) is 1. The highest BCUT2D eigenvalue weighted by atomic mass is 79.9.